The van der Waals surface area contributed by atoms with Gasteiger partial charge in [-0.05, 0) is 51.3 Å². The molecule has 26 heavy (non-hydrogen) atoms. The molecule has 1 aromatic rings. The Morgan fingerprint density at radius 1 is 1.15 bits per heavy atom. The molecule has 2 rings (SSSR count). The Hall–Kier alpha value is -1.46. The number of hydrogen-bond donors (Lipinski definition) is 2. The van der Waals surface area contributed by atoms with Crippen LogP contribution in [0.4, 0.5) is 0 Å². The second kappa shape index (κ2) is 10.6. The molecule has 0 aliphatic heterocycles. The quantitative estimate of drug-likeness (QED) is 0.750. The van der Waals surface area contributed by atoms with Crippen molar-refractivity contribution in [1.29, 1.82) is 0 Å². The summed E-state index contributed by atoms with van der Waals surface area (Å²) in [6.07, 6.45) is 6.54. The van der Waals surface area contributed by atoms with E-state index in [-0.39, 0.29) is 30.5 Å². The van der Waals surface area contributed by atoms with Crippen LogP contribution in [-0.2, 0) is 11.3 Å². The van der Waals surface area contributed by atoms with E-state index in [4.69, 9.17) is 9.47 Å². The summed E-state index contributed by atoms with van der Waals surface area (Å²) < 4.78 is 11.1. The van der Waals surface area contributed by atoms with Crippen LogP contribution < -0.4 is 20.1 Å². The number of carbonyl (C=O) groups is 1. The van der Waals surface area contributed by atoms with Crippen LogP contribution in [0.15, 0.2) is 18.2 Å². The highest BCUT2D eigenvalue weighted by molar-refractivity contribution is 5.85. The van der Waals surface area contributed by atoms with Gasteiger partial charge in [0.05, 0.1) is 7.11 Å². The lowest BCUT2D eigenvalue weighted by Crippen LogP contribution is -2.43. The Balaban J connectivity index is 0.00000338. The first-order valence-corrected chi connectivity index (χ1v) is 9.21. The molecule has 0 bridgehead atoms. The highest BCUT2D eigenvalue weighted by atomic mass is 35.5. The number of methoxy groups -OCH3 is 1. The van der Waals surface area contributed by atoms with Gasteiger partial charge < -0.3 is 20.1 Å². The Labute approximate surface area is 163 Å². The molecule has 0 saturated heterocycles. The highest BCUT2D eigenvalue weighted by Crippen LogP contribution is 2.28. The molecule has 0 aromatic heterocycles. The molecular weight excluding hydrogens is 352 g/mol. The number of carbonyl (C=O) groups excluding carboxylic acids is 1. The summed E-state index contributed by atoms with van der Waals surface area (Å²) in [5.41, 5.74) is 0.896. The van der Waals surface area contributed by atoms with Gasteiger partial charge in [-0.15, -0.1) is 12.4 Å². The molecule has 1 fully saturated rings. The number of nitrogens with one attached hydrogen (secondary N) is 2. The number of hydrogen-bond acceptors (Lipinski definition) is 4. The zero-order valence-electron chi connectivity index (χ0n) is 16.4. The van der Waals surface area contributed by atoms with Crippen molar-refractivity contribution in [3.05, 3.63) is 23.8 Å². The third-order valence-corrected chi connectivity index (χ3v) is 4.30. The van der Waals surface area contributed by atoms with Crippen LogP contribution in [0.5, 0.6) is 11.5 Å². The lowest BCUT2D eigenvalue weighted by molar-refractivity contribution is -0.124. The predicted molar refractivity (Wildman–Crippen MR) is 107 cm³/mol. The van der Waals surface area contributed by atoms with Crippen molar-refractivity contribution in [3.8, 4) is 11.5 Å². The van der Waals surface area contributed by atoms with Crippen molar-refractivity contribution in [2.24, 2.45) is 0 Å². The molecule has 0 atom stereocenters. The predicted octanol–water partition coefficient (Wildman–Crippen LogP) is 3.83. The van der Waals surface area contributed by atoms with E-state index in [2.05, 4.69) is 10.6 Å². The fraction of sp³-hybridized carbons (Fsp3) is 0.650. The van der Waals surface area contributed by atoms with Crippen molar-refractivity contribution < 1.29 is 14.3 Å². The van der Waals surface area contributed by atoms with Crippen LogP contribution in [0.1, 0.15) is 58.4 Å². The molecule has 2 N–H and O–H groups in total. The monoisotopic (exact) mass is 384 g/mol. The molecule has 1 aromatic carbocycles. The number of rotatable bonds is 7. The first kappa shape index (κ1) is 22.6. The van der Waals surface area contributed by atoms with Gasteiger partial charge in [0.1, 0.15) is 0 Å². The third kappa shape index (κ3) is 7.83. The van der Waals surface area contributed by atoms with Crippen molar-refractivity contribution in [1.82, 2.24) is 10.6 Å². The van der Waals surface area contributed by atoms with E-state index >= 15 is 0 Å². The van der Waals surface area contributed by atoms with Gasteiger partial charge in [-0.25, -0.2) is 0 Å². The van der Waals surface area contributed by atoms with Crippen molar-refractivity contribution in [2.75, 3.05) is 13.7 Å². The molecule has 0 radical (unpaired) electrons. The van der Waals surface area contributed by atoms with Crippen LogP contribution in [0.3, 0.4) is 0 Å². The standard InChI is InChI=1S/C20H32N2O3.ClH/c1-20(2,3)22-19(23)14-25-17-11-10-15(12-18(17)24-4)13-21-16-8-6-5-7-9-16;/h10-12,16,21H,5-9,13-14H2,1-4H3,(H,22,23);1H. The van der Waals surface area contributed by atoms with Gasteiger partial charge in [-0.1, -0.05) is 25.3 Å². The van der Waals surface area contributed by atoms with Crippen LogP contribution in [0, 0.1) is 0 Å². The number of benzene rings is 1. The van der Waals surface area contributed by atoms with Crippen molar-refractivity contribution in [2.45, 2.75) is 71.0 Å². The van der Waals surface area contributed by atoms with E-state index < -0.39 is 0 Å². The Kier molecular flexibility index (Phi) is 9.23. The van der Waals surface area contributed by atoms with Gasteiger partial charge in [0.25, 0.3) is 5.91 Å². The van der Waals surface area contributed by atoms with E-state index in [1.807, 2.05) is 39.0 Å². The lowest BCUT2D eigenvalue weighted by Gasteiger charge is -2.23. The fourth-order valence-electron chi connectivity index (χ4n) is 3.11. The van der Waals surface area contributed by atoms with E-state index in [9.17, 15) is 4.79 Å². The number of halogens is 1. The molecule has 1 aliphatic rings. The van der Waals surface area contributed by atoms with E-state index in [1.54, 1.807) is 7.11 Å². The summed E-state index contributed by atoms with van der Waals surface area (Å²) in [6.45, 7) is 6.64. The molecule has 0 unspecified atom stereocenters. The number of ether oxygens (including phenoxy) is 2. The van der Waals surface area contributed by atoms with Gasteiger partial charge in [-0.2, -0.15) is 0 Å². The summed E-state index contributed by atoms with van der Waals surface area (Å²) in [6, 6.07) is 6.50. The zero-order chi connectivity index (χ0) is 18.3. The molecular formula is C20H33ClN2O3. The van der Waals surface area contributed by atoms with E-state index in [1.165, 1.54) is 32.1 Å². The summed E-state index contributed by atoms with van der Waals surface area (Å²) in [7, 11) is 1.62. The van der Waals surface area contributed by atoms with Gasteiger partial charge >= 0.3 is 0 Å². The van der Waals surface area contributed by atoms with Crippen LogP contribution in [-0.4, -0.2) is 31.2 Å². The molecule has 0 heterocycles. The third-order valence-electron chi connectivity index (χ3n) is 4.30. The van der Waals surface area contributed by atoms with E-state index in [0.29, 0.717) is 17.5 Å². The van der Waals surface area contributed by atoms with Gasteiger partial charge in [-0.3, -0.25) is 4.79 Å². The molecule has 1 amide bonds. The van der Waals surface area contributed by atoms with Crippen LogP contribution in [0.25, 0.3) is 0 Å². The summed E-state index contributed by atoms with van der Waals surface area (Å²) in [5.74, 6) is 1.11. The minimum Gasteiger partial charge on any atom is -0.493 e. The van der Waals surface area contributed by atoms with Gasteiger partial charge in [0, 0.05) is 18.1 Å². The summed E-state index contributed by atoms with van der Waals surface area (Å²) in [4.78, 5) is 11.9. The molecule has 0 spiro atoms. The minimum absolute atomic E-state index is 0. The first-order valence-electron chi connectivity index (χ1n) is 9.21. The smallest absolute Gasteiger partial charge is 0.258 e. The van der Waals surface area contributed by atoms with Gasteiger partial charge in [0.2, 0.25) is 0 Å². The maximum atomic E-state index is 11.9. The highest BCUT2D eigenvalue weighted by Gasteiger charge is 2.16. The molecule has 1 saturated carbocycles. The maximum Gasteiger partial charge on any atom is 0.258 e. The molecule has 148 valence electrons. The number of amides is 1. The van der Waals surface area contributed by atoms with Crippen LogP contribution >= 0.6 is 12.4 Å². The largest absolute Gasteiger partial charge is 0.493 e. The topological polar surface area (TPSA) is 59.6 Å². The minimum atomic E-state index is -0.265. The van der Waals surface area contributed by atoms with Crippen LogP contribution in [0.2, 0.25) is 0 Å². The average Bonchev–Trinajstić information content (AvgIpc) is 2.58. The molecule has 6 heteroatoms. The summed E-state index contributed by atoms with van der Waals surface area (Å²) >= 11 is 0. The summed E-state index contributed by atoms with van der Waals surface area (Å²) in [5, 5.41) is 6.50. The molecule has 5 nitrogen and oxygen atoms in total. The second-order valence-corrected chi connectivity index (χ2v) is 7.79. The maximum absolute atomic E-state index is 11.9. The lowest BCUT2D eigenvalue weighted by atomic mass is 9.95. The Morgan fingerprint density at radius 3 is 2.46 bits per heavy atom. The Morgan fingerprint density at radius 2 is 1.85 bits per heavy atom. The second-order valence-electron chi connectivity index (χ2n) is 7.79. The normalized spacial score (nSPS) is 15.1. The fourth-order valence-corrected chi connectivity index (χ4v) is 3.11. The van der Waals surface area contributed by atoms with Gasteiger partial charge in [0.15, 0.2) is 18.1 Å². The first-order chi connectivity index (χ1) is 11.9. The zero-order valence-corrected chi connectivity index (χ0v) is 17.2. The Bertz CT molecular complexity index is 567. The molecule has 1 aliphatic carbocycles. The van der Waals surface area contributed by atoms with Crippen molar-refractivity contribution >= 4 is 18.3 Å². The van der Waals surface area contributed by atoms with Crippen molar-refractivity contribution in [3.63, 3.8) is 0 Å². The SMILES string of the molecule is COc1cc(CNC2CCCCC2)ccc1OCC(=O)NC(C)(C)C.Cl. The average molecular weight is 385 g/mol. The van der Waals surface area contributed by atoms with E-state index in [0.717, 1.165) is 12.1 Å².